The number of rotatable bonds is 2. The van der Waals surface area contributed by atoms with Gasteiger partial charge in [-0.3, -0.25) is 0 Å². The molecule has 1 aliphatic rings. The zero-order valence-corrected chi connectivity index (χ0v) is 9.49. The van der Waals surface area contributed by atoms with Crippen LogP contribution in [-0.2, 0) is 0 Å². The Bertz CT molecular complexity index is 350. The van der Waals surface area contributed by atoms with Crippen LogP contribution >= 0.6 is 15.9 Å². The quantitative estimate of drug-likeness (QED) is 0.851. The summed E-state index contributed by atoms with van der Waals surface area (Å²) in [5.41, 5.74) is 1.95. The van der Waals surface area contributed by atoms with Crippen LogP contribution in [0.25, 0.3) is 0 Å². The third-order valence-corrected chi connectivity index (χ3v) is 3.02. The molecule has 1 saturated heterocycles. The summed E-state index contributed by atoms with van der Waals surface area (Å²) in [6.07, 6.45) is 0. The standard InChI is InChI=1S/C10H12BrFN2/c1-6-2-8(11)9(12)3-10(6)14-7-4-13-5-7/h2-3,7,13-14H,4-5H2,1H3. The van der Waals surface area contributed by atoms with Crippen LogP contribution in [0.3, 0.4) is 0 Å². The minimum absolute atomic E-state index is 0.217. The molecular weight excluding hydrogens is 247 g/mol. The van der Waals surface area contributed by atoms with Crippen LogP contribution in [0.1, 0.15) is 5.56 Å². The van der Waals surface area contributed by atoms with E-state index in [0.717, 1.165) is 24.3 Å². The van der Waals surface area contributed by atoms with E-state index in [1.807, 2.05) is 6.92 Å². The van der Waals surface area contributed by atoms with Gasteiger partial charge in [0.05, 0.1) is 10.5 Å². The van der Waals surface area contributed by atoms with Crippen molar-refractivity contribution in [2.45, 2.75) is 13.0 Å². The van der Waals surface area contributed by atoms with Gasteiger partial charge in [-0.05, 0) is 40.5 Å². The molecular formula is C10H12BrFN2. The van der Waals surface area contributed by atoms with Gasteiger partial charge in [0.25, 0.3) is 0 Å². The molecule has 2 N–H and O–H groups in total. The van der Waals surface area contributed by atoms with E-state index in [9.17, 15) is 4.39 Å². The fraction of sp³-hybridized carbons (Fsp3) is 0.400. The smallest absolute Gasteiger partial charge is 0.139 e. The van der Waals surface area contributed by atoms with E-state index >= 15 is 0 Å². The zero-order valence-electron chi connectivity index (χ0n) is 7.90. The number of aryl methyl sites for hydroxylation is 1. The van der Waals surface area contributed by atoms with Crippen LogP contribution in [0.2, 0.25) is 0 Å². The van der Waals surface area contributed by atoms with Gasteiger partial charge in [-0.2, -0.15) is 0 Å². The first-order valence-corrected chi connectivity index (χ1v) is 5.39. The molecule has 1 aromatic carbocycles. The molecule has 76 valence electrons. The Hall–Kier alpha value is -0.610. The molecule has 0 atom stereocenters. The Kier molecular flexibility index (Phi) is 2.74. The molecule has 0 aliphatic carbocycles. The predicted molar refractivity (Wildman–Crippen MR) is 59.1 cm³/mol. The number of hydrogen-bond acceptors (Lipinski definition) is 2. The molecule has 0 spiro atoms. The molecule has 0 unspecified atom stereocenters. The van der Waals surface area contributed by atoms with Crippen molar-refractivity contribution < 1.29 is 4.39 Å². The highest BCUT2D eigenvalue weighted by Crippen LogP contribution is 2.24. The predicted octanol–water partition coefficient (Wildman–Crippen LogP) is 2.28. The van der Waals surface area contributed by atoms with E-state index in [0.29, 0.717) is 10.5 Å². The van der Waals surface area contributed by atoms with E-state index in [1.165, 1.54) is 6.07 Å². The average Bonchev–Trinajstić information content (AvgIpc) is 2.06. The first-order valence-electron chi connectivity index (χ1n) is 4.59. The maximum Gasteiger partial charge on any atom is 0.139 e. The van der Waals surface area contributed by atoms with E-state index < -0.39 is 0 Å². The molecule has 1 aliphatic heterocycles. The lowest BCUT2D eigenvalue weighted by atomic mass is 10.1. The van der Waals surface area contributed by atoms with Crippen molar-refractivity contribution >= 4 is 21.6 Å². The van der Waals surface area contributed by atoms with Crippen molar-refractivity contribution in [1.82, 2.24) is 5.32 Å². The fourth-order valence-electron chi connectivity index (χ4n) is 1.41. The highest BCUT2D eigenvalue weighted by atomic mass is 79.9. The fourth-order valence-corrected chi connectivity index (χ4v) is 1.87. The number of hydrogen-bond donors (Lipinski definition) is 2. The van der Waals surface area contributed by atoms with Crippen LogP contribution in [0, 0.1) is 12.7 Å². The summed E-state index contributed by atoms with van der Waals surface area (Å²) >= 11 is 3.16. The number of halogens is 2. The van der Waals surface area contributed by atoms with Crippen LogP contribution in [0.5, 0.6) is 0 Å². The normalized spacial score (nSPS) is 16.5. The first-order chi connectivity index (χ1) is 6.66. The van der Waals surface area contributed by atoms with Crippen molar-refractivity contribution in [2.24, 2.45) is 0 Å². The van der Waals surface area contributed by atoms with Gasteiger partial charge >= 0.3 is 0 Å². The van der Waals surface area contributed by atoms with Crippen LogP contribution in [0.15, 0.2) is 16.6 Å². The highest BCUT2D eigenvalue weighted by Gasteiger charge is 2.17. The molecule has 0 aromatic heterocycles. The van der Waals surface area contributed by atoms with Crippen molar-refractivity contribution in [3.05, 3.63) is 28.0 Å². The van der Waals surface area contributed by atoms with E-state index in [-0.39, 0.29) is 5.82 Å². The number of nitrogens with one attached hydrogen (secondary N) is 2. The van der Waals surface area contributed by atoms with E-state index in [2.05, 4.69) is 26.6 Å². The topological polar surface area (TPSA) is 24.1 Å². The SMILES string of the molecule is Cc1cc(Br)c(F)cc1NC1CNC1. The highest BCUT2D eigenvalue weighted by molar-refractivity contribution is 9.10. The lowest BCUT2D eigenvalue weighted by molar-refractivity contribution is 0.471. The Morgan fingerprint density at radius 3 is 2.79 bits per heavy atom. The molecule has 1 heterocycles. The van der Waals surface area contributed by atoms with Gasteiger partial charge in [0.2, 0.25) is 0 Å². The second-order valence-corrected chi connectivity index (χ2v) is 4.44. The van der Waals surface area contributed by atoms with Crippen LogP contribution in [0.4, 0.5) is 10.1 Å². The van der Waals surface area contributed by atoms with E-state index in [1.54, 1.807) is 6.07 Å². The Morgan fingerprint density at radius 1 is 1.50 bits per heavy atom. The lowest BCUT2D eigenvalue weighted by Crippen LogP contribution is -2.51. The van der Waals surface area contributed by atoms with Crippen molar-refractivity contribution in [3.8, 4) is 0 Å². The van der Waals surface area contributed by atoms with Crippen molar-refractivity contribution in [3.63, 3.8) is 0 Å². The molecule has 14 heavy (non-hydrogen) atoms. The summed E-state index contributed by atoms with van der Waals surface area (Å²) in [4.78, 5) is 0. The third-order valence-electron chi connectivity index (χ3n) is 2.41. The molecule has 0 bridgehead atoms. The lowest BCUT2D eigenvalue weighted by Gasteiger charge is -2.29. The molecule has 1 aromatic rings. The monoisotopic (exact) mass is 258 g/mol. The summed E-state index contributed by atoms with van der Waals surface area (Å²) in [5, 5.41) is 6.45. The van der Waals surface area contributed by atoms with Gasteiger partial charge in [-0.15, -0.1) is 0 Å². The summed E-state index contributed by atoms with van der Waals surface area (Å²) in [5.74, 6) is -0.217. The molecule has 2 nitrogen and oxygen atoms in total. The van der Waals surface area contributed by atoms with Gasteiger partial charge in [0.15, 0.2) is 0 Å². The Balaban J connectivity index is 2.19. The van der Waals surface area contributed by atoms with E-state index in [4.69, 9.17) is 0 Å². The molecule has 1 fully saturated rings. The molecule has 0 amide bonds. The largest absolute Gasteiger partial charge is 0.379 e. The second kappa shape index (κ2) is 3.87. The van der Waals surface area contributed by atoms with Crippen LogP contribution < -0.4 is 10.6 Å². The van der Waals surface area contributed by atoms with Gasteiger partial charge in [-0.1, -0.05) is 0 Å². The Labute approximate surface area is 91.0 Å². The minimum Gasteiger partial charge on any atom is -0.379 e. The summed E-state index contributed by atoms with van der Waals surface area (Å²) in [7, 11) is 0. The third kappa shape index (κ3) is 1.91. The molecule has 4 heteroatoms. The first kappa shape index (κ1) is 9.93. The second-order valence-electron chi connectivity index (χ2n) is 3.58. The van der Waals surface area contributed by atoms with Crippen molar-refractivity contribution in [1.29, 1.82) is 0 Å². The molecule has 0 saturated carbocycles. The summed E-state index contributed by atoms with van der Waals surface area (Å²) in [6, 6.07) is 3.77. The Morgan fingerprint density at radius 2 is 2.21 bits per heavy atom. The molecule has 0 radical (unpaired) electrons. The van der Waals surface area contributed by atoms with Gasteiger partial charge in [0.1, 0.15) is 5.82 Å². The minimum atomic E-state index is -0.217. The zero-order chi connectivity index (χ0) is 10.1. The van der Waals surface area contributed by atoms with Gasteiger partial charge in [-0.25, -0.2) is 4.39 Å². The maximum absolute atomic E-state index is 13.2. The summed E-state index contributed by atoms with van der Waals surface area (Å²) < 4.78 is 13.7. The summed E-state index contributed by atoms with van der Waals surface area (Å²) in [6.45, 7) is 3.88. The molecule has 2 rings (SSSR count). The van der Waals surface area contributed by atoms with Crippen LogP contribution in [-0.4, -0.2) is 19.1 Å². The van der Waals surface area contributed by atoms with Gasteiger partial charge < -0.3 is 10.6 Å². The van der Waals surface area contributed by atoms with Crippen molar-refractivity contribution in [2.75, 3.05) is 18.4 Å². The van der Waals surface area contributed by atoms with Gasteiger partial charge in [0, 0.05) is 18.8 Å². The average molecular weight is 259 g/mol. The maximum atomic E-state index is 13.2. The number of benzene rings is 1. The number of anilines is 1.